The second-order valence-electron chi connectivity index (χ2n) is 3.21. The van der Waals surface area contributed by atoms with Gasteiger partial charge < -0.3 is 11.1 Å². The Labute approximate surface area is 97.1 Å². The Morgan fingerprint density at radius 3 is 2.69 bits per heavy atom. The third kappa shape index (κ3) is 2.41. The highest BCUT2D eigenvalue weighted by Crippen LogP contribution is 2.21. The quantitative estimate of drug-likeness (QED) is 0.789. The molecule has 0 fully saturated rings. The summed E-state index contributed by atoms with van der Waals surface area (Å²) in [6.45, 7) is 0. The van der Waals surface area contributed by atoms with Gasteiger partial charge in [0.1, 0.15) is 16.8 Å². The molecule has 2 aromatic rings. The van der Waals surface area contributed by atoms with Crippen LogP contribution in [0.2, 0.25) is 5.15 Å². The lowest BCUT2D eigenvalue weighted by molar-refractivity contribution is 0.632. The number of hydrogen-bond acceptors (Lipinski definition) is 3. The van der Waals surface area contributed by atoms with Crippen LogP contribution in [0.1, 0.15) is 0 Å². The van der Waals surface area contributed by atoms with Gasteiger partial charge in [0, 0.05) is 11.8 Å². The fourth-order valence-corrected chi connectivity index (χ4v) is 1.50. The molecular formula is C11H9ClFN3. The Bertz CT molecular complexity index is 496. The van der Waals surface area contributed by atoms with Gasteiger partial charge in [-0.2, -0.15) is 0 Å². The standard InChI is InChI=1S/C11H9ClFN3/c12-10-5-7(14)6-11(16-10)15-9-4-2-1-3-8(9)13/h1-6H,(H3,14,15,16). The molecule has 0 atom stereocenters. The van der Waals surface area contributed by atoms with Gasteiger partial charge in [-0.25, -0.2) is 9.37 Å². The molecule has 82 valence electrons. The number of rotatable bonds is 2. The van der Waals surface area contributed by atoms with Crippen molar-refractivity contribution in [2.75, 3.05) is 11.1 Å². The second kappa shape index (κ2) is 4.37. The van der Waals surface area contributed by atoms with Crippen LogP contribution in [0.15, 0.2) is 36.4 Å². The topological polar surface area (TPSA) is 50.9 Å². The Morgan fingerprint density at radius 2 is 2.00 bits per heavy atom. The highest BCUT2D eigenvalue weighted by molar-refractivity contribution is 6.29. The third-order valence-electron chi connectivity index (χ3n) is 1.95. The number of nitrogens with zero attached hydrogens (tertiary/aromatic N) is 1. The Morgan fingerprint density at radius 1 is 1.25 bits per heavy atom. The smallest absolute Gasteiger partial charge is 0.146 e. The molecule has 0 saturated heterocycles. The van der Waals surface area contributed by atoms with E-state index in [1.54, 1.807) is 24.3 Å². The summed E-state index contributed by atoms with van der Waals surface area (Å²) in [4.78, 5) is 3.98. The molecule has 3 N–H and O–H groups in total. The van der Waals surface area contributed by atoms with Crippen LogP contribution in [-0.4, -0.2) is 4.98 Å². The number of nitrogens with two attached hydrogens (primary N) is 1. The van der Waals surface area contributed by atoms with E-state index < -0.39 is 0 Å². The predicted octanol–water partition coefficient (Wildman–Crippen LogP) is 3.20. The molecule has 0 unspecified atom stereocenters. The lowest BCUT2D eigenvalue weighted by atomic mass is 10.3. The first kappa shape index (κ1) is 10.7. The van der Waals surface area contributed by atoms with Crippen molar-refractivity contribution < 1.29 is 4.39 Å². The number of pyridine rings is 1. The van der Waals surface area contributed by atoms with Gasteiger partial charge in [0.05, 0.1) is 5.69 Å². The Balaban J connectivity index is 2.30. The first-order valence-electron chi connectivity index (χ1n) is 4.60. The summed E-state index contributed by atoms with van der Waals surface area (Å²) in [5.41, 5.74) is 6.39. The first-order chi connectivity index (χ1) is 7.65. The maximum absolute atomic E-state index is 13.3. The van der Waals surface area contributed by atoms with Crippen molar-refractivity contribution in [2.45, 2.75) is 0 Å². The van der Waals surface area contributed by atoms with Gasteiger partial charge in [0.2, 0.25) is 0 Å². The number of nitrogens with one attached hydrogen (secondary N) is 1. The van der Waals surface area contributed by atoms with Gasteiger partial charge in [-0.05, 0) is 18.2 Å². The minimum atomic E-state index is -0.358. The SMILES string of the molecule is Nc1cc(Cl)nc(Nc2ccccc2F)c1. The molecule has 0 amide bonds. The number of benzene rings is 1. The van der Waals surface area contributed by atoms with E-state index in [1.807, 2.05) is 0 Å². The average Bonchev–Trinajstić information content (AvgIpc) is 2.20. The third-order valence-corrected chi connectivity index (χ3v) is 2.15. The monoisotopic (exact) mass is 237 g/mol. The van der Waals surface area contributed by atoms with E-state index >= 15 is 0 Å². The van der Waals surface area contributed by atoms with Crippen LogP contribution in [0.4, 0.5) is 21.6 Å². The number of nitrogen functional groups attached to an aromatic ring is 1. The van der Waals surface area contributed by atoms with Crippen molar-refractivity contribution in [2.24, 2.45) is 0 Å². The Kier molecular flexibility index (Phi) is 2.92. The van der Waals surface area contributed by atoms with E-state index in [9.17, 15) is 4.39 Å². The lowest BCUT2D eigenvalue weighted by Gasteiger charge is -2.07. The number of para-hydroxylation sites is 1. The summed E-state index contributed by atoms with van der Waals surface area (Å²) in [6.07, 6.45) is 0. The number of aromatic nitrogens is 1. The van der Waals surface area contributed by atoms with Gasteiger partial charge >= 0.3 is 0 Å². The van der Waals surface area contributed by atoms with Crippen LogP contribution >= 0.6 is 11.6 Å². The molecule has 3 nitrogen and oxygen atoms in total. The molecule has 16 heavy (non-hydrogen) atoms. The van der Waals surface area contributed by atoms with Crippen LogP contribution in [0.3, 0.4) is 0 Å². The van der Waals surface area contributed by atoms with E-state index in [1.165, 1.54) is 12.1 Å². The summed E-state index contributed by atoms with van der Waals surface area (Å²) >= 11 is 5.73. The van der Waals surface area contributed by atoms with E-state index in [0.29, 0.717) is 17.2 Å². The van der Waals surface area contributed by atoms with E-state index in [4.69, 9.17) is 17.3 Å². The van der Waals surface area contributed by atoms with Gasteiger partial charge in [-0.15, -0.1) is 0 Å². The van der Waals surface area contributed by atoms with E-state index in [2.05, 4.69) is 10.3 Å². The van der Waals surface area contributed by atoms with Crippen molar-refractivity contribution in [3.63, 3.8) is 0 Å². The summed E-state index contributed by atoms with van der Waals surface area (Å²) < 4.78 is 13.3. The van der Waals surface area contributed by atoms with E-state index in [-0.39, 0.29) is 11.0 Å². The Hall–Kier alpha value is -1.81. The second-order valence-corrected chi connectivity index (χ2v) is 3.60. The van der Waals surface area contributed by atoms with Gasteiger partial charge in [-0.3, -0.25) is 0 Å². The molecule has 0 aliphatic rings. The largest absolute Gasteiger partial charge is 0.399 e. The molecule has 1 aromatic heterocycles. The van der Waals surface area contributed by atoms with Crippen LogP contribution in [0.25, 0.3) is 0 Å². The first-order valence-corrected chi connectivity index (χ1v) is 4.97. The van der Waals surface area contributed by atoms with Crippen molar-refractivity contribution in [1.82, 2.24) is 4.98 Å². The molecule has 0 radical (unpaired) electrons. The molecule has 0 bridgehead atoms. The van der Waals surface area contributed by atoms with Gasteiger partial charge in [0.15, 0.2) is 0 Å². The maximum Gasteiger partial charge on any atom is 0.146 e. The van der Waals surface area contributed by atoms with Gasteiger partial charge in [-0.1, -0.05) is 23.7 Å². The zero-order valence-electron chi connectivity index (χ0n) is 8.24. The summed E-state index contributed by atoms with van der Waals surface area (Å²) in [5.74, 6) is 0.0537. The molecule has 1 aromatic carbocycles. The molecule has 0 saturated carbocycles. The number of halogens is 2. The van der Waals surface area contributed by atoms with Crippen molar-refractivity contribution in [3.05, 3.63) is 47.4 Å². The van der Waals surface area contributed by atoms with Crippen LogP contribution in [0, 0.1) is 5.82 Å². The van der Waals surface area contributed by atoms with Crippen LogP contribution in [0.5, 0.6) is 0 Å². The van der Waals surface area contributed by atoms with Crippen molar-refractivity contribution in [3.8, 4) is 0 Å². The van der Waals surface area contributed by atoms with Crippen LogP contribution in [-0.2, 0) is 0 Å². The number of anilines is 3. The molecule has 0 aliphatic carbocycles. The summed E-state index contributed by atoms with van der Waals surface area (Å²) in [5, 5.41) is 3.07. The van der Waals surface area contributed by atoms with Gasteiger partial charge in [0.25, 0.3) is 0 Å². The fraction of sp³-hybridized carbons (Fsp3) is 0. The normalized spacial score (nSPS) is 10.1. The maximum atomic E-state index is 13.3. The molecule has 0 spiro atoms. The molecular weight excluding hydrogens is 229 g/mol. The molecule has 2 rings (SSSR count). The number of hydrogen-bond donors (Lipinski definition) is 2. The van der Waals surface area contributed by atoms with Crippen molar-refractivity contribution in [1.29, 1.82) is 0 Å². The minimum absolute atomic E-state index is 0.263. The molecule has 5 heteroatoms. The molecule has 1 heterocycles. The highest BCUT2D eigenvalue weighted by atomic mass is 35.5. The lowest BCUT2D eigenvalue weighted by Crippen LogP contribution is -1.97. The van der Waals surface area contributed by atoms with Crippen molar-refractivity contribution >= 4 is 28.8 Å². The predicted molar refractivity (Wildman–Crippen MR) is 63.3 cm³/mol. The molecule has 0 aliphatic heterocycles. The zero-order chi connectivity index (χ0) is 11.5. The minimum Gasteiger partial charge on any atom is -0.399 e. The zero-order valence-corrected chi connectivity index (χ0v) is 9.00. The summed E-state index contributed by atoms with van der Waals surface area (Å²) in [7, 11) is 0. The average molecular weight is 238 g/mol. The van der Waals surface area contributed by atoms with Crippen LogP contribution < -0.4 is 11.1 Å². The summed E-state index contributed by atoms with van der Waals surface area (Å²) in [6, 6.07) is 9.40. The fourth-order valence-electron chi connectivity index (χ4n) is 1.28. The van der Waals surface area contributed by atoms with E-state index in [0.717, 1.165) is 0 Å². The highest BCUT2D eigenvalue weighted by Gasteiger charge is 2.03.